The number of nitrogens with one attached hydrogen (secondary N) is 1. The number of hydrogen-bond acceptors (Lipinski definition) is 4. The molecule has 0 aromatic heterocycles. The standard InChI is InChI=1S/C15H20N2O3.ClH/c16-9-12-4-6-14(20-12)15(18)17-11-3-5-13-10(8-11)2-1-7-19-13;/h3,5,8,12,14H,1-2,4,6-7,9,16H2,(H,17,18);1H/t12-,14+;/m1./s1. The lowest BCUT2D eigenvalue weighted by Crippen LogP contribution is -2.29. The van der Waals surface area contributed by atoms with E-state index in [1.807, 2.05) is 18.2 Å². The highest BCUT2D eigenvalue weighted by Gasteiger charge is 2.29. The molecule has 2 aliphatic heterocycles. The predicted octanol–water partition coefficient (Wildman–Crippen LogP) is 1.88. The Kier molecular flexibility index (Phi) is 5.45. The predicted molar refractivity (Wildman–Crippen MR) is 83.1 cm³/mol. The number of amides is 1. The lowest BCUT2D eigenvalue weighted by molar-refractivity contribution is -0.126. The Bertz CT molecular complexity index is 510. The minimum atomic E-state index is -0.379. The van der Waals surface area contributed by atoms with Gasteiger partial charge in [-0.1, -0.05) is 0 Å². The van der Waals surface area contributed by atoms with Crippen molar-refractivity contribution in [2.45, 2.75) is 37.9 Å². The quantitative estimate of drug-likeness (QED) is 0.893. The first-order valence-corrected chi connectivity index (χ1v) is 7.18. The first kappa shape index (κ1) is 16.1. The zero-order chi connectivity index (χ0) is 13.9. The maximum atomic E-state index is 12.1. The van der Waals surface area contributed by atoms with Gasteiger partial charge < -0.3 is 20.5 Å². The molecule has 0 aliphatic carbocycles. The molecule has 3 rings (SSSR count). The number of halogens is 1. The van der Waals surface area contributed by atoms with Gasteiger partial charge in [0.15, 0.2) is 0 Å². The van der Waals surface area contributed by atoms with Crippen LogP contribution in [0.15, 0.2) is 18.2 Å². The van der Waals surface area contributed by atoms with E-state index in [9.17, 15) is 4.79 Å². The number of anilines is 1. The van der Waals surface area contributed by atoms with Crippen molar-refractivity contribution in [1.29, 1.82) is 0 Å². The molecule has 6 heteroatoms. The van der Waals surface area contributed by atoms with Crippen LogP contribution in [0.25, 0.3) is 0 Å². The van der Waals surface area contributed by atoms with E-state index in [2.05, 4.69) is 5.32 Å². The summed E-state index contributed by atoms with van der Waals surface area (Å²) in [5.74, 6) is 0.840. The molecule has 1 aromatic carbocycles. The SMILES string of the molecule is Cl.NC[C@H]1CC[C@@H](C(=O)Nc2ccc3c(c2)CCCO3)O1. The number of aryl methyl sites for hydroxylation is 1. The Hall–Kier alpha value is -1.30. The second-order valence-electron chi connectivity index (χ2n) is 5.32. The van der Waals surface area contributed by atoms with Gasteiger partial charge in [0.25, 0.3) is 5.91 Å². The molecule has 1 amide bonds. The van der Waals surface area contributed by atoms with E-state index >= 15 is 0 Å². The summed E-state index contributed by atoms with van der Waals surface area (Å²) >= 11 is 0. The summed E-state index contributed by atoms with van der Waals surface area (Å²) in [7, 11) is 0. The van der Waals surface area contributed by atoms with Crippen LogP contribution >= 0.6 is 12.4 Å². The molecule has 0 bridgehead atoms. The van der Waals surface area contributed by atoms with Crippen LogP contribution in [0.3, 0.4) is 0 Å². The van der Waals surface area contributed by atoms with Crippen LogP contribution in [0.2, 0.25) is 0 Å². The zero-order valence-corrected chi connectivity index (χ0v) is 12.7. The second kappa shape index (κ2) is 7.11. The van der Waals surface area contributed by atoms with E-state index in [0.29, 0.717) is 6.54 Å². The summed E-state index contributed by atoms with van der Waals surface area (Å²) in [5, 5.41) is 2.92. The smallest absolute Gasteiger partial charge is 0.253 e. The third kappa shape index (κ3) is 3.67. The number of ether oxygens (including phenoxy) is 2. The molecule has 0 unspecified atom stereocenters. The molecule has 3 N–H and O–H groups in total. The van der Waals surface area contributed by atoms with Crippen molar-refractivity contribution in [3.63, 3.8) is 0 Å². The van der Waals surface area contributed by atoms with Crippen LogP contribution in [0.5, 0.6) is 5.75 Å². The maximum Gasteiger partial charge on any atom is 0.253 e. The molecule has 5 nitrogen and oxygen atoms in total. The average Bonchev–Trinajstić information content (AvgIpc) is 2.96. The minimum Gasteiger partial charge on any atom is -0.493 e. The highest BCUT2D eigenvalue weighted by atomic mass is 35.5. The van der Waals surface area contributed by atoms with Gasteiger partial charge in [-0.3, -0.25) is 4.79 Å². The Morgan fingerprint density at radius 3 is 3.00 bits per heavy atom. The Labute approximate surface area is 130 Å². The van der Waals surface area contributed by atoms with Gasteiger partial charge >= 0.3 is 0 Å². The number of fused-ring (bicyclic) bond motifs is 1. The highest BCUT2D eigenvalue weighted by molar-refractivity contribution is 5.94. The van der Waals surface area contributed by atoms with E-state index in [-0.39, 0.29) is 30.5 Å². The monoisotopic (exact) mass is 312 g/mol. The zero-order valence-electron chi connectivity index (χ0n) is 11.8. The summed E-state index contributed by atoms with van der Waals surface area (Å²) < 4.78 is 11.2. The summed E-state index contributed by atoms with van der Waals surface area (Å²) in [5.41, 5.74) is 7.51. The fourth-order valence-electron chi connectivity index (χ4n) is 2.73. The summed E-state index contributed by atoms with van der Waals surface area (Å²) in [6, 6.07) is 5.78. The van der Waals surface area contributed by atoms with Crippen molar-refractivity contribution < 1.29 is 14.3 Å². The van der Waals surface area contributed by atoms with Gasteiger partial charge in [0.05, 0.1) is 12.7 Å². The van der Waals surface area contributed by atoms with Gasteiger partial charge in [-0.05, 0) is 49.4 Å². The van der Waals surface area contributed by atoms with E-state index in [0.717, 1.165) is 49.3 Å². The topological polar surface area (TPSA) is 73.6 Å². The van der Waals surface area contributed by atoms with Crippen LogP contribution in [-0.4, -0.2) is 31.3 Å². The third-order valence-electron chi connectivity index (χ3n) is 3.84. The number of carbonyl (C=O) groups excluding carboxylic acids is 1. The molecular formula is C15H21ClN2O3. The maximum absolute atomic E-state index is 12.1. The lowest BCUT2D eigenvalue weighted by Gasteiger charge is -2.18. The van der Waals surface area contributed by atoms with E-state index < -0.39 is 0 Å². The Balaban J connectivity index is 0.00000161. The average molecular weight is 313 g/mol. The van der Waals surface area contributed by atoms with Crippen molar-refractivity contribution in [1.82, 2.24) is 0 Å². The van der Waals surface area contributed by atoms with Crippen LogP contribution in [0.1, 0.15) is 24.8 Å². The van der Waals surface area contributed by atoms with Crippen LogP contribution in [0.4, 0.5) is 5.69 Å². The molecule has 1 fully saturated rings. The molecule has 21 heavy (non-hydrogen) atoms. The fraction of sp³-hybridized carbons (Fsp3) is 0.533. The first-order chi connectivity index (χ1) is 9.76. The number of benzene rings is 1. The molecule has 2 atom stereocenters. The fourth-order valence-corrected chi connectivity index (χ4v) is 2.73. The van der Waals surface area contributed by atoms with Crippen molar-refractivity contribution in [3.05, 3.63) is 23.8 Å². The Morgan fingerprint density at radius 1 is 1.38 bits per heavy atom. The number of nitrogens with two attached hydrogens (primary N) is 1. The minimum absolute atomic E-state index is 0. The molecule has 116 valence electrons. The van der Waals surface area contributed by atoms with Gasteiger partial charge in [-0.15, -0.1) is 12.4 Å². The lowest BCUT2D eigenvalue weighted by atomic mass is 10.1. The largest absolute Gasteiger partial charge is 0.493 e. The van der Waals surface area contributed by atoms with Crippen LogP contribution < -0.4 is 15.8 Å². The molecule has 0 radical (unpaired) electrons. The van der Waals surface area contributed by atoms with E-state index in [4.69, 9.17) is 15.2 Å². The van der Waals surface area contributed by atoms with Crippen molar-refractivity contribution in [2.24, 2.45) is 5.73 Å². The Morgan fingerprint density at radius 2 is 2.24 bits per heavy atom. The van der Waals surface area contributed by atoms with Crippen molar-refractivity contribution in [3.8, 4) is 5.75 Å². The van der Waals surface area contributed by atoms with Crippen molar-refractivity contribution in [2.75, 3.05) is 18.5 Å². The first-order valence-electron chi connectivity index (χ1n) is 7.18. The molecule has 2 aliphatic rings. The van der Waals surface area contributed by atoms with Gasteiger partial charge in [-0.25, -0.2) is 0 Å². The van der Waals surface area contributed by atoms with Gasteiger partial charge in [0, 0.05) is 12.2 Å². The van der Waals surface area contributed by atoms with Gasteiger partial charge in [0.2, 0.25) is 0 Å². The number of rotatable bonds is 3. The molecule has 1 aromatic rings. The second-order valence-corrected chi connectivity index (χ2v) is 5.32. The summed E-state index contributed by atoms with van der Waals surface area (Å²) in [6.45, 7) is 1.25. The highest BCUT2D eigenvalue weighted by Crippen LogP contribution is 2.28. The molecule has 0 saturated carbocycles. The van der Waals surface area contributed by atoms with E-state index in [1.165, 1.54) is 0 Å². The summed E-state index contributed by atoms with van der Waals surface area (Å²) in [6.07, 6.45) is 3.25. The van der Waals surface area contributed by atoms with Crippen LogP contribution in [-0.2, 0) is 16.0 Å². The number of carbonyl (C=O) groups is 1. The normalized spacial score (nSPS) is 23.7. The molecule has 0 spiro atoms. The molecular weight excluding hydrogens is 292 g/mol. The molecule has 2 heterocycles. The van der Waals surface area contributed by atoms with Crippen molar-refractivity contribution >= 4 is 24.0 Å². The molecule has 1 saturated heterocycles. The summed E-state index contributed by atoms with van der Waals surface area (Å²) in [4.78, 5) is 12.1. The van der Waals surface area contributed by atoms with Crippen LogP contribution in [0, 0.1) is 0 Å². The number of hydrogen-bond donors (Lipinski definition) is 2. The van der Waals surface area contributed by atoms with Gasteiger partial charge in [0.1, 0.15) is 11.9 Å². The van der Waals surface area contributed by atoms with Gasteiger partial charge in [-0.2, -0.15) is 0 Å². The third-order valence-corrected chi connectivity index (χ3v) is 3.84. The van der Waals surface area contributed by atoms with E-state index in [1.54, 1.807) is 0 Å².